The lowest BCUT2D eigenvalue weighted by molar-refractivity contribution is -0.117. The molecule has 0 amide bonds. The summed E-state index contributed by atoms with van der Waals surface area (Å²) >= 11 is 0. The highest BCUT2D eigenvalue weighted by molar-refractivity contribution is 5.97. The van der Waals surface area contributed by atoms with Gasteiger partial charge < -0.3 is 5.73 Å². The Morgan fingerprint density at radius 1 is 0.821 bits per heavy atom. The van der Waals surface area contributed by atoms with Crippen molar-refractivity contribution in [2.75, 3.05) is 0 Å². The molecule has 140 valence electrons. The zero-order valence-electron chi connectivity index (χ0n) is 16.0. The molecule has 2 heterocycles. The molecule has 0 fully saturated rings. The van der Waals surface area contributed by atoms with Gasteiger partial charge in [-0.25, -0.2) is 4.99 Å². The lowest BCUT2D eigenvalue weighted by atomic mass is 9.97. The van der Waals surface area contributed by atoms with Crippen LogP contribution in [0.5, 0.6) is 0 Å². The fourth-order valence-corrected chi connectivity index (χ4v) is 3.55. The fraction of sp³-hybridized carbons (Fsp3) is 0.208. The minimum absolute atomic E-state index is 0.215. The maximum absolute atomic E-state index is 12.5. The van der Waals surface area contributed by atoms with Gasteiger partial charge in [-0.1, -0.05) is 48.5 Å². The normalized spacial score (nSPS) is 15.8. The van der Waals surface area contributed by atoms with E-state index >= 15 is 0 Å². The van der Waals surface area contributed by atoms with Gasteiger partial charge >= 0.3 is 0 Å². The number of rotatable bonds is 6. The molecule has 0 spiro atoms. The van der Waals surface area contributed by atoms with Crippen molar-refractivity contribution in [1.82, 2.24) is 0 Å². The van der Waals surface area contributed by atoms with E-state index in [-0.39, 0.29) is 5.78 Å². The van der Waals surface area contributed by atoms with Crippen molar-refractivity contribution in [2.45, 2.75) is 32.6 Å². The molecule has 0 saturated heterocycles. The Labute approximate surface area is 165 Å². The van der Waals surface area contributed by atoms with Crippen LogP contribution in [-0.2, 0) is 17.6 Å². The summed E-state index contributed by atoms with van der Waals surface area (Å²) in [5, 5.41) is 0. The van der Waals surface area contributed by atoms with Gasteiger partial charge in [-0.2, -0.15) is 0 Å². The molecule has 0 bridgehead atoms. The molecule has 0 aromatic heterocycles. The highest BCUT2D eigenvalue weighted by Crippen LogP contribution is 2.24. The Bertz CT molecular complexity index is 939. The molecule has 0 radical (unpaired) electrons. The summed E-state index contributed by atoms with van der Waals surface area (Å²) in [7, 11) is 0. The first-order chi connectivity index (χ1) is 13.6. The van der Waals surface area contributed by atoms with Crippen LogP contribution in [0.3, 0.4) is 0 Å². The number of ketones is 1. The molecular weight excluding hydrogens is 346 g/mol. The molecule has 0 unspecified atom stereocenters. The minimum atomic E-state index is 0.215. The molecule has 0 saturated carbocycles. The quantitative estimate of drug-likeness (QED) is 0.822. The Kier molecular flexibility index (Phi) is 5.02. The van der Waals surface area contributed by atoms with Crippen LogP contribution in [0.25, 0.3) is 11.1 Å². The van der Waals surface area contributed by atoms with Crippen molar-refractivity contribution in [3.63, 3.8) is 0 Å². The molecule has 2 aliphatic rings. The van der Waals surface area contributed by atoms with Gasteiger partial charge in [-0.05, 0) is 40.3 Å². The van der Waals surface area contributed by atoms with Crippen molar-refractivity contribution in [3.8, 4) is 0 Å². The fourth-order valence-electron chi connectivity index (χ4n) is 3.55. The van der Waals surface area contributed by atoms with E-state index in [0.29, 0.717) is 25.1 Å². The average Bonchev–Trinajstić information content (AvgIpc) is 3.31. The largest absolute Gasteiger partial charge is 0.387 e. The number of hydrogen-bond acceptors (Lipinski definition) is 4. The van der Waals surface area contributed by atoms with Crippen molar-refractivity contribution in [2.24, 2.45) is 15.7 Å². The molecule has 28 heavy (non-hydrogen) atoms. The highest BCUT2D eigenvalue weighted by atomic mass is 16.1. The van der Waals surface area contributed by atoms with Crippen molar-refractivity contribution < 1.29 is 4.79 Å². The van der Waals surface area contributed by atoms with Crippen molar-refractivity contribution in [1.29, 1.82) is 0 Å². The summed E-state index contributed by atoms with van der Waals surface area (Å²) in [6.07, 6.45) is 6.24. The van der Waals surface area contributed by atoms with E-state index < -0.39 is 0 Å². The number of allylic oxidation sites excluding steroid dienone is 1. The SMILES string of the molecule is CC1=NC=C(c2ccc(CC(=O)Cc3ccc(C4=CN=C(N)C4)cc3)cc2)C1. The average molecular weight is 369 g/mol. The highest BCUT2D eigenvalue weighted by Gasteiger charge is 2.11. The molecule has 2 N–H and O–H groups in total. The smallest absolute Gasteiger partial charge is 0.141 e. The summed E-state index contributed by atoms with van der Waals surface area (Å²) in [4.78, 5) is 20.9. The molecule has 4 heteroatoms. The van der Waals surface area contributed by atoms with E-state index in [1.54, 1.807) is 0 Å². The first kappa shape index (κ1) is 18.1. The second-order valence-electron chi connectivity index (χ2n) is 7.43. The van der Waals surface area contributed by atoms with Crippen LogP contribution >= 0.6 is 0 Å². The van der Waals surface area contributed by atoms with Gasteiger partial charge in [-0.3, -0.25) is 9.79 Å². The van der Waals surface area contributed by atoms with Gasteiger partial charge in [0.1, 0.15) is 11.6 Å². The number of hydrogen-bond donors (Lipinski definition) is 1. The maximum Gasteiger partial charge on any atom is 0.141 e. The van der Waals surface area contributed by atoms with E-state index in [4.69, 9.17) is 5.73 Å². The molecule has 0 atom stereocenters. The third kappa shape index (κ3) is 4.17. The predicted octanol–water partition coefficient (Wildman–Crippen LogP) is 4.35. The molecule has 4 rings (SSSR count). The molecule has 2 aromatic rings. The lowest BCUT2D eigenvalue weighted by Gasteiger charge is -2.07. The zero-order valence-corrected chi connectivity index (χ0v) is 16.0. The number of Topliss-reactive ketones (excluding diaryl/α,β-unsaturated/α-hetero) is 1. The Morgan fingerprint density at radius 3 is 1.75 bits per heavy atom. The summed E-state index contributed by atoms with van der Waals surface area (Å²) in [5.41, 5.74) is 13.6. The zero-order chi connectivity index (χ0) is 19.5. The number of carbonyl (C=O) groups is 1. The number of amidine groups is 1. The second kappa shape index (κ2) is 7.77. The van der Waals surface area contributed by atoms with Crippen LogP contribution < -0.4 is 5.73 Å². The number of nitrogens with zero attached hydrogens (tertiary/aromatic N) is 2. The first-order valence-corrected chi connectivity index (χ1v) is 9.50. The molecular formula is C24H23N3O. The maximum atomic E-state index is 12.5. The number of nitrogens with two attached hydrogens (primary N) is 1. The van der Waals surface area contributed by atoms with E-state index in [1.807, 2.05) is 55.7 Å². The predicted molar refractivity (Wildman–Crippen MR) is 115 cm³/mol. The Hall–Kier alpha value is -3.27. The molecule has 2 aromatic carbocycles. The third-order valence-corrected chi connectivity index (χ3v) is 5.10. The number of aliphatic imine (C=N–C) groups is 2. The van der Waals surface area contributed by atoms with Crippen molar-refractivity contribution in [3.05, 3.63) is 83.2 Å². The van der Waals surface area contributed by atoms with Gasteiger partial charge in [-0.15, -0.1) is 0 Å². The van der Waals surface area contributed by atoms with Gasteiger partial charge in [0.15, 0.2) is 0 Å². The standard InChI is InChI=1S/C24H23N3O/c1-16-10-21(14-26-16)19-6-2-17(3-7-19)11-23(28)12-18-4-8-20(9-5-18)22-13-24(25)27-15-22/h2-9,14-15H,10-13H2,1H3,(H2,25,27). The third-order valence-electron chi connectivity index (χ3n) is 5.10. The summed E-state index contributed by atoms with van der Waals surface area (Å²) in [6, 6.07) is 16.4. The van der Waals surface area contributed by atoms with Crippen molar-refractivity contribution >= 4 is 28.5 Å². The topological polar surface area (TPSA) is 67.8 Å². The van der Waals surface area contributed by atoms with Crippen LogP contribution in [-0.4, -0.2) is 17.3 Å². The Morgan fingerprint density at radius 2 is 1.32 bits per heavy atom. The first-order valence-electron chi connectivity index (χ1n) is 9.50. The summed E-state index contributed by atoms with van der Waals surface area (Å²) < 4.78 is 0. The van der Waals surface area contributed by atoms with E-state index in [9.17, 15) is 4.79 Å². The van der Waals surface area contributed by atoms with E-state index in [1.165, 1.54) is 11.1 Å². The Balaban J connectivity index is 1.33. The molecule has 2 aliphatic heterocycles. The van der Waals surface area contributed by atoms with Crippen LogP contribution in [0.15, 0.2) is 70.9 Å². The van der Waals surface area contributed by atoms with Gasteiger partial charge in [0, 0.05) is 43.8 Å². The van der Waals surface area contributed by atoms with Crippen LogP contribution in [0.1, 0.15) is 42.0 Å². The van der Waals surface area contributed by atoms with Crippen LogP contribution in [0.4, 0.5) is 0 Å². The van der Waals surface area contributed by atoms with Crippen LogP contribution in [0, 0.1) is 0 Å². The summed E-state index contributed by atoms with van der Waals surface area (Å²) in [6.45, 7) is 2.04. The second-order valence-corrected chi connectivity index (χ2v) is 7.43. The molecule has 4 nitrogen and oxygen atoms in total. The van der Waals surface area contributed by atoms with Crippen LogP contribution in [0.2, 0.25) is 0 Å². The number of carbonyl (C=O) groups excluding carboxylic acids is 1. The number of benzene rings is 2. The van der Waals surface area contributed by atoms with Gasteiger partial charge in [0.2, 0.25) is 0 Å². The monoisotopic (exact) mass is 369 g/mol. The lowest BCUT2D eigenvalue weighted by Crippen LogP contribution is -2.08. The minimum Gasteiger partial charge on any atom is -0.387 e. The van der Waals surface area contributed by atoms with Gasteiger partial charge in [0.05, 0.1) is 0 Å². The summed E-state index contributed by atoms with van der Waals surface area (Å²) in [5.74, 6) is 0.861. The molecule has 0 aliphatic carbocycles. The van der Waals surface area contributed by atoms with E-state index in [0.717, 1.165) is 34.4 Å². The van der Waals surface area contributed by atoms with Gasteiger partial charge in [0.25, 0.3) is 0 Å². The van der Waals surface area contributed by atoms with E-state index in [2.05, 4.69) is 22.1 Å².